The Bertz CT molecular complexity index is 992. The van der Waals surface area contributed by atoms with Gasteiger partial charge in [0.2, 0.25) is 0 Å². The molecule has 28 heavy (non-hydrogen) atoms. The standard InChI is InChI=1S/C22H23ClN2O2S/c1-14-9-10-19(16(11-14)22(2,3)4)27-12-20(26)25-21-24-18(13-28-21)15-7-5-6-8-17(15)23/h5-11,13H,12H2,1-4H3,(H,24,25,26). The fourth-order valence-electron chi connectivity index (χ4n) is 2.78. The van der Waals surface area contributed by atoms with Crippen LogP contribution in [-0.4, -0.2) is 17.5 Å². The van der Waals surface area contributed by atoms with E-state index in [2.05, 4.69) is 37.1 Å². The van der Waals surface area contributed by atoms with Gasteiger partial charge < -0.3 is 4.74 Å². The van der Waals surface area contributed by atoms with Crippen LogP contribution >= 0.6 is 22.9 Å². The van der Waals surface area contributed by atoms with Gasteiger partial charge in [0.15, 0.2) is 11.7 Å². The fraction of sp³-hybridized carbons (Fsp3) is 0.273. The van der Waals surface area contributed by atoms with E-state index in [1.54, 1.807) is 0 Å². The van der Waals surface area contributed by atoms with Gasteiger partial charge in [0, 0.05) is 16.0 Å². The Balaban J connectivity index is 1.66. The number of ether oxygens (including phenoxy) is 1. The summed E-state index contributed by atoms with van der Waals surface area (Å²) in [7, 11) is 0. The molecule has 1 aromatic heterocycles. The van der Waals surface area contributed by atoms with Crippen LogP contribution in [0.1, 0.15) is 31.9 Å². The summed E-state index contributed by atoms with van der Waals surface area (Å²) >= 11 is 7.57. The molecule has 3 rings (SSSR count). The first-order valence-corrected chi connectivity index (χ1v) is 10.2. The van der Waals surface area contributed by atoms with Crippen LogP contribution in [0.5, 0.6) is 5.75 Å². The number of carbonyl (C=O) groups is 1. The number of carbonyl (C=O) groups excluding carboxylic acids is 1. The molecule has 0 atom stereocenters. The van der Waals surface area contributed by atoms with Crippen LogP contribution in [-0.2, 0) is 10.2 Å². The van der Waals surface area contributed by atoms with Crippen LogP contribution in [0.25, 0.3) is 11.3 Å². The molecule has 0 fully saturated rings. The van der Waals surface area contributed by atoms with Crippen molar-refractivity contribution in [1.82, 2.24) is 4.98 Å². The van der Waals surface area contributed by atoms with Crippen molar-refractivity contribution in [3.8, 4) is 17.0 Å². The third-order valence-corrected chi connectivity index (χ3v) is 5.29. The number of nitrogens with one attached hydrogen (secondary N) is 1. The van der Waals surface area contributed by atoms with Crippen LogP contribution in [0.4, 0.5) is 5.13 Å². The van der Waals surface area contributed by atoms with Crippen LogP contribution in [0.3, 0.4) is 0 Å². The lowest BCUT2D eigenvalue weighted by Gasteiger charge is -2.23. The van der Waals surface area contributed by atoms with Gasteiger partial charge in [-0.3, -0.25) is 10.1 Å². The van der Waals surface area contributed by atoms with Gasteiger partial charge in [0.1, 0.15) is 5.75 Å². The predicted octanol–water partition coefficient (Wildman–Crippen LogP) is 6.09. The van der Waals surface area contributed by atoms with Gasteiger partial charge in [0.25, 0.3) is 5.91 Å². The molecule has 2 aromatic carbocycles. The first kappa shape index (κ1) is 20.4. The maximum absolute atomic E-state index is 12.3. The molecule has 0 radical (unpaired) electrons. The number of aromatic nitrogens is 1. The van der Waals surface area contributed by atoms with E-state index >= 15 is 0 Å². The van der Waals surface area contributed by atoms with Crippen molar-refractivity contribution >= 4 is 34.0 Å². The number of rotatable bonds is 5. The summed E-state index contributed by atoms with van der Waals surface area (Å²) in [6.45, 7) is 8.35. The third kappa shape index (κ3) is 4.91. The summed E-state index contributed by atoms with van der Waals surface area (Å²) in [5.41, 5.74) is 3.75. The van der Waals surface area contributed by atoms with Crippen molar-refractivity contribution < 1.29 is 9.53 Å². The number of nitrogens with zero attached hydrogens (tertiary/aromatic N) is 1. The Labute approximate surface area is 174 Å². The lowest BCUT2D eigenvalue weighted by molar-refractivity contribution is -0.118. The topological polar surface area (TPSA) is 51.2 Å². The molecule has 0 aliphatic heterocycles. The van der Waals surface area contributed by atoms with Crippen molar-refractivity contribution in [2.75, 3.05) is 11.9 Å². The van der Waals surface area contributed by atoms with Crippen molar-refractivity contribution in [2.45, 2.75) is 33.1 Å². The minimum absolute atomic E-state index is 0.0724. The first-order chi connectivity index (χ1) is 13.2. The number of benzene rings is 2. The quantitative estimate of drug-likeness (QED) is 0.549. The average Bonchev–Trinajstić information content (AvgIpc) is 3.08. The zero-order valence-corrected chi connectivity index (χ0v) is 17.9. The van der Waals surface area contributed by atoms with E-state index in [1.807, 2.05) is 48.7 Å². The Kier molecular flexibility index (Phi) is 6.06. The maximum atomic E-state index is 12.3. The lowest BCUT2D eigenvalue weighted by atomic mass is 9.85. The van der Waals surface area contributed by atoms with Crippen LogP contribution in [0.2, 0.25) is 5.02 Å². The van der Waals surface area contributed by atoms with Crippen LogP contribution in [0.15, 0.2) is 47.8 Å². The summed E-state index contributed by atoms with van der Waals surface area (Å²) in [6.07, 6.45) is 0. The highest BCUT2D eigenvalue weighted by atomic mass is 35.5. The average molecular weight is 415 g/mol. The molecular formula is C22H23ClN2O2S. The summed E-state index contributed by atoms with van der Waals surface area (Å²) in [4.78, 5) is 16.8. The van der Waals surface area contributed by atoms with E-state index < -0.39 is 0 Å². The number of halogens is 1. The molecule has 0 saturated carbocycles. The molecular weight excluding hydrogens is 392 g/mol. The van der Waals surface area contributed by atoms with Gasteiger partial charge in [-0.2, -0.15) is 0 Å². The number of thiazole rings is 1. The van der Waals surface area contributed by atoms with Crippen LogP contribution < -0.4 is 10.1 Å². The minimum Gasteiger partial charge on any atom is -0.483 e. The van der Waals surface area contributed by atoms with Gasteiger partial charge in [-0.25, -0.2) is 4.98 Å². The largest absolute Gasteiger partial charge is 0.483 e. The number of hydrogen-bond acceptors (Lipinski definition) is 4. The molecule has 0 aliphatic rings. The fourth-order valence-corrected chi connectivity index (χ4v) is 3.74. The molecule has 146 valence electrons. The van der Waals surface area contributed by atoms with E-state index in [0.717, 1.165) is 28.1 Å². The molecule has 0 spiro atoms. The second kappa shape index (κ2) is 8.33. The molecule has 1 N–H and O–H groups in total. The predicted molar refractivity (Wildman–Crippen MR) is 117 cm³/mol. The van der Waals surface area contributed by atoms with Crippen molar-refractivity contribution in [3.05, 3.63) is 64.0 Å². The van der Waals surface area contributed by atoms with Crippen LogP contribution in [0, 0.1) is 6.92 Å². The summed E-state index contributed by atoms with van der Waals surface area (Å²) < 4.78 is 5.81. The highest BCUT2D eigenvalue weighted by Gasteiger charge is 2.20. The monoisotopic (exact) mass is 414 g/mol. The Morgan fingerprint density at radius 1 is 1.21 bits per heavy atom. The molecule has 3 aromatic rings. The SMILES string of the molecule is Cc1ccc(OCC(=O)Nc2nc(-c3ccccc3Cl)cs2)c(C(C)(C)C)c1. The van der Waals surface area contributed by atoms with Crippen molar-refractivity contribution in [1.29, 1.82) is 0 Å². The molecule has 0 aliphatic carbocycles. The molecule has 0 saturated heterocycles. The molecule has 0 bridgehead atoms. The molecule has 6 heteroatoms. The number of anilines is 1. The third-order valence-electron chi connectivity index (χ3n) is 4.20. The Morgan fingerprint density at radius 3 is 2.68 bits per heavy atom. The van der Waals surface area contributed by atoms with Gasteiger partial charge >= 0.3 is 0 Å². The highest BCUT2D eigenvalue weighted by molar-refractivity contribution is 7.14. The maximum Gasteiger partial charge on any atom is 0.264 e. The lowest BCUT2D eigenvalue weighted by Crippen LogP contribution is -2.22. The number of amides is 1. The molecule has 1 amide bonds. The zero-order chi connectivity index (χ0) is 20.3. The minimum atomic E-state index is -0.250. The highest BCUT2D eigenvalue weighted by Crippen LogP contribution is 2.32. The first-order valence-electron chi connectivity index (χ1n) is 8.98. The van der Waals surface area contributed by atoms with Gasteiger partial charge in [-0.05, 0) is 30.0 Å². The molecule has 0 unspecified atom stereocenters. The van der Waals surface area contributed by atoms with Crippen molar-refractivity contribution in [3.63, 3.8) is 0 Å². The second-order valence-electron chi connectivity index (χ2n) is 7.60. The van der Waals surface area contributed by atoms with E-state index in [9.17, 15) is 4.79 Å². The zero-order valence-electron chi connectivity index (χ0n) is 16.4. The summed E-state index contributed by atoms with van der Waals surface area (Å²) in [5, 5.41) is 5.81. The van der Waals surface area contributed by atoms with Gasteiger partial charge in [-0.15, -0.1) is 11.3 Å². The number of aryl methyl sites for hydroxylation is 1. The summed E-state index contributed by atoms with van der Waals surface area (Å²) in [6, 6.07) is 13.5. The Hall–Kier alpha value is -2.37. The number of hydrogen-bond donors (Lipinski definition) is 1. The smallest absolute Gasteiger partial charge is 0.264 e. The van der Waals surface area contributed by atoms with Crippen molar-refractivity contribution in [2.24, 2.45) is 0 Å². The normalized spacial score (nSPS) is 11.3. The van der Waals surface area contributed by atoms with E-state index in [0.29, 0.717) is 10.2 Å². The van der Waals surface area contributed by atoms with Gasteiger partial charge in [-0.1, -0.05) is 68.3 Å². The molecule has 1 heterocycles. The second-order valence-corrected chi connectivity index (χ2v) is 8.87. The summed E-state index contributed by atoms with van der Waals surface area (Å²) in [5.74, 6) is 0.477. The van der Waals surface area contributed by atoms with E-state index in [-0.39, 0.29) is 17.9 Å². The van der Waals surface area contributed by atoms with Gasteiger partial charge in [0.05, 0.1) is 5.69 Å². The molecule has 4 nitrogen and oxygen atoms in total. The Morgan fingerprint density at radius 2 is 1.96 bits per heavy atom. The van der Waals surface area contributed by atoms with E-state index in [1.165, 1.54) is 11.3 Å². The van der Waals surface area contributed by atoms with E-state index in [4.69, 9.17) is 16.3 Å².